The van der Waals surface area contributed by atoms with E-state index in [2.05, 4.69) is 15.9 Å². The fourth-order valence-corrected chi connectivity index (χ4v) is 4.41. The Bertz CT molecular complexity index is 1020. The van der Waals surface area contributed by atoms with Crippen LogP contribution in [0.5, 0.6) is 5.75 Å². The lowest BCUT2D eigenvalue weighted by Crippen LogP contribution is -2.30. The van der Waals surface area contributed by atoms with Crippen molar-refractivity contribution < 1.29 is 17.5 Å². The summed E-state index contributed by atoms with van der Waals surface area (Å²) in [6, 6.07) is 19.0. The molecule has 0 aliphatic carbocycles. The highest BCUT2D eigenvalue weighted by atomic mass is 79.9. The molecule has 7 heteroatoms. The minimum Gasteiger partial charge on any atom is -0.497 e. The van der Waals surface area contributed by atoms with E-state index in [1.54, 1.807) is 37.4 Å². The van der Waals surface area contributed by atoms with E-state index >= 15 is 0 Å². The van der Waals surface area contributed by atoms with Crippen LogP contribution >= 0.6 is 15.9 Å². The third kappa shape index (κ3) is 4.48. The maximum absolute atomic E-state index is 13.2. The molecule has 0 saturated carbocycles. The van der Waals surface area contributed by atoms with Crippen molar-refractivity contribution in [2.24, 2.45) is 0 Å². The van der Waals surface area contributed by atoms with E-state index in [1.165, 1.54) is 16.4 Å². The summed E-state index contributed by atoms with van der Waals surface area (Å²) in [5.74, 6) is 0.201. The lowest BCUT2D eigenvalue weighted by atomic mass is 10.2. The van der Waals surface area contributed by atoms with Crippen LogP contribution in [0.1, 0.15) is 5.56 Å². The summed E-state index contributed by atoms with van der Waals surface area (Å²) in [6.07, 6.45) is 0. The molecule has 0 N–H and O–H groups in total. The van der Waals surface area contributed by atoms with Crippen molar-refractivity contribution in [1.82, 2.24) is 0 Å². The third-order valence-electron chi connectivity index (χ3n) is 3.98. The minimum absolute atomic E-state index is 0.0254. The molecular weight excluding hydrogens is 433 g/mol. The molecule has 4 nitrogen and oxygen atoms in total. The van der Waals surface area contributed by atoms with Gasteiger partial charge in [-0.15, -0.1) is 0 Å². The second-order valence-electron chi connectivity index (χ2n) is 5.79. The van der Waals surface area contributed by atoms with Gasteiger partial charge in [0.05, 0.1) is 24.2 Å². The van der Waals surface area contributed by atoms with Crippen LogP contribution in [0.25, 0.3) is 0 Å². The molecule has 0 saturated heterocycles. The summed E-state index contributed by atoms with van der Waals surface area (Å²) < 4.78 is 46.9. The van der Waals surface area contributed by atoms with Crippen molar-refractivity contribution in [2.45, 2.75) is 11.4 Å². The molecule has 3 aromatic carbocycles. The molecular formula is C20H17BrFNO3S. The monoisotopic (exact) mass is 449 g/mol. The van der Waals surface area contributed by atoms with E-state index in [9.17, 15) is 12.8 Å². The van der Waals surface area contributed by atoms with Gasteiger partial charge < -0.3 is 4.74 Å². The first-order valence-electron chi connectivity index (χ1n) is 8.07. The van der Waals surface area contributed by atoms with Gasteiger partial charge in [0.1, 0.15) is 11.6 Å². The van der Waals surface area contributed by atoms with Gasteiger partial charge in [-0.3, -0.25) is 4.31 Å². The summed E-state index contributed by atoms with van der Waals surface area (Å²) in [5.41, 5.74) is 1.30. The van der Waals surface area contributed by atoms with Crippen molar-refractivity contribution in [2.75, 3.05) is 11.4 Å². The number of anilines is 1. The van der Waals surface area contributed by atoms with E-state index < -0.39 is 15.8 Å². The number of hydrogen-bond acceptors (Lipinski definition) is 3. The molecule has 0 aromatic heterocycles. The van der Waals surface area contributed by atoms with E-state index in [-0.39, 0.29) is 11.4 Å². The number of hydrogen-bond donors (Lipinski definition) is 0. The normalized spacial score (nSPS) is 11.2. The smallest absolute Gasteiger partial charge is 0.264 e. The van der Waals surface area contributed by atoms with Crippen LogP contribution in [0.3, 0.4) is 0 Å². The van der Waals surface area contributed by atoms with Gasteiger partial charge in [-0.25, -0.2) is 12.8 Å². The first-order chi connectivity index (χ1) is 12.9. The zero-order valence-corrected chi connectivity index (χ0v) is 16.9. The van der Waals surface area contributed by atoms with Gasteiger partial charge in [-0.05, 0) is 60.2 Å². The van der Waals surface area contributed by atoms with Gasteiger partial charge in [-0.2, -0.15) is 0 Å². The molecule has 0 bridgehead atoms. The zero-order valence-electron chi connectivity index (χ0n) is 14.5. The van der Waals surface area contributed by atoms with Crippen molar-refractivity contribution in [1.29, 1.82) is 0 Å². The highest BCUT2D eigenvalue weighted by Gasteiger charge is 2.25. The van der Waals surface area contributed by atoms with Gasteiger partial charge in [0, 0.05) is 4.47 Å². The molecule has 0 spiro atoms. The molecule has 0 heterocycles. The summed E-state index contributed by atoms with van der Waals surface area (Å²) in [6.45, 7) is 0.125. The lowest BCUT2D eigenvalue weighted by Gasteiger charge is -2.25. The molecule has 0 aliphatic heterocycles. The topological polar surface area (TPSA) is 46.6 Å². The number of methoxy groups -OCH3 is 1. The fraction of sp³-hybridized carbons (Fsp3) is 0.100. The number of nitrogens with zero attached hydrogens (tertiary/aromatic N) is 1. The molecule has 0 atom stereocenters. The summed E-state index contributed by atoms with van der Waals surface area (Å²) in [7, 11) is -2.32. The Hall–Kier alpha value is -2.38. The molecule has 0 fully saturated rings. The minimum atomic E-state index is -3.89. The number of sulfonamides is 1. The standard InChI is InChI=1S/C20H17BrFNO3S/c1-26-19-9-5-15(6-10-19)14-23(18-4-2-3-16(21)13-18)27(24,25)20-11-7-17(22)8-12-20/h2-13H,14H2,1H3. The van der Waals surface area contributed by atoms with Gasteiger partial charge >= 0.3 is 0 Å². The Morgan fingerprint density at radius 2 is 1.67 bits per heavy atom. The molecule has 3 rings (SSSR count). The largest absolute Gasteiger partial charge is 0.497 e. The quantitative estimate of drug-likeness (QED) is 0.532. The Kier molecular flexibility index (Phi) is 5.82. The predicted molar refractivity (Wildman–Crippen MR) is 107 cm³/mol. The van der Waals surface area contributed by atoms with E-state index in [0.717, 1.165) is 22.2 Å². The molecule has 0 amide bonds. The van der Waals surface area contributed by atoms with Crippen molar-refractivity contribution >= 4 is 31.6 Å². The predicted octanol–water partition coefficient (Wildman–Crippen LogP) is 4.99. The highest BCUT2D eigenvalue weighted by Crippen LogP contribution is 2.28. The summed E-state index contributed by atoms with van der Waals surface area (Å²) >= 11 is 3.38. The van der Waals surface area contributed by atoms with Crippen LogP contribution in [0.2, 0.25) is 0 Å². The Morgan fingerprint density at radius 3 is 2.26 bits per heavy atom. The maximum Gasteiger partial charge on any atom is 0.264 e. The first-order valence-corrected chi connectivity index (χ1v) is 10.3. The Balaban J connectivity index is 2.04. The van der Waals surface area contributed by atoms with Gasteiger partial charge in [0.25, 0.3) is 10.0 Å². The second-order valence-corrected chi connectivity index (χ2v) is 8.57. The number of halogens is 2. The molecule has 3 aromatic rings. The number of rotatable bonds is 6. The summed E-state index contributed by atoms with van der Waals surface area (Å²) in [5, 5.41) is 0. The van der Waals surface area contributed by atoms with Crippen molar-refractivity contribution in [3.8, 4) is 5.75 Å². The molecule has 0 radical (unpaired) electrons. The fourth-order valence-electron chi connectivity index (χ4n) is 2.58. The van der Waals surface area contributed by atoms with Crippen LogP contribution in [0.15, 0.2) is 82.2 Å². The van der Waals surface area contributed by atoms with Gasteiger partial charge in [0.15, 0.2) is 0 Å². The SMILES string of the molecule is COc1ccc(CN(c2cccc(Br)c2)S(=O)(=O)c2ccc(F)cc2)cc1. The van der Waals surface area contributed by atoms with Crippen LogP contribution in [-0.4, -0.2) is 15.5 Å². The maximum atomic E-state index is 13.2. The summed E-state index contributed by atoms with van der Waals surface area (Å²) in [4.78, 5) is 0.0254. The van der Waals surface area contributed by atoms with E-state index in [1.807, 2.05) is 18.2 Å². The zero-order chi connectivity index (χ0) is 19.4. The number of ether oxygens (including phenoxy) is 1. The van der Waals surface area contributed by atoms with E-state index in [0.29, 0.717) is 11.4 Å². The van der Waals surface area contributed by atoms with Crippen LogP contribution in [0, 0.1) is 5.82 Å². The van der Waals surface area contributed by atoms with Crippen LogP contribution in [-0.2, 0) is 16.6 Å². The third-order valence-corrected chi connectivity index (χ3v) is 6.26. The second kappa shape index (κ2) is 8.10. The van der Waals surface area contributed by atoms with Crippen LogP contribution < -0.4 is 9.04 Å². The average molecular weight is 450 g/mol. The Morgan fingerprint density at radius 1 is 1.00 bits per heavy atom. The Labute approximate surface area is 166 Å². The lowest BCUT2D eigenvalue weighted by molar-refractivity contribution is 0.414. The number of benzene rings is 3. The molecule has 140 valence electrons. The van der Waals surface area contributed by atoms with Crippen molar-refractivity contribution in [3.63, 3.8) is 0 Å². The van der Waals surface area contributed by atoms with Gasteiger partial charge in [-0.1, -0.05) is 34.1 Å². The molecule has 0 aliphatic rings. The van der Waals surface area contributed by atoms with Crippen molar-refractivity contribution in [3.05, 3.63) is 88.6 Å². The van der Waals surface area contributed by atoms with Crippen LogP contribution in [0.4, 0.5) is 10.1 Å². The highest BCUT2D eigenvalue weighted by molar-refractivity contribution is 9.10. The molecule has 27 heavy (non-hydrogen) atoms. The van der Waals surface area contributed by atoms with E-state index in [4.69, 9.17) is 4.74 Å². The molecule has 0 unspecified atom stereocenters. The average Bonchev–Trinajstić information content (AvgIpc) is 2.67. The van der Waals surface area contributed by atoms with Gasteiger partial charge in [0.2, 0.25) is 0 Å². The first kappa shape index (κ1) is 19.4.